The Morgan fingerprint density at radius 1 is 0.947 bits per heavy atom. The lowest BCUT2D eigenvalue weighted by molar-refractivity contribution is -0.0709. The molecule has 2 atom stereocenters. The third kappa shape index (κ3) is 9.22. The molecule has 1 saturated carbocycles. The minimum Gasteiger partial charge on any atom is -0.375 e. The first-order chi connectivity index (χ1) is 27.7. The molecule has 0 bridgehead atoms. The molecule has 1 N–H and O–H groups in total. The quantitative estimate of drug-likeness (QED) is 0.0997. The molecular formula is C50H53FN4O2. The predicted octanol–water partition coefficient (Wildman–Crippen LogP) is 11.2. The number of carbonyl (C=O) groups excluding carboxylic acids is 1. The van der Waals surface area contributed by atoms with Crippen LogP contribution in [-0.2, 0) is 16.7 Å². The van der Waals surface area contributed by atoms with E-state index in [1.165, 1.54) is 6.07 Å². The topological polar surface area (TPSA) is 68.5 Å². The van der Waals surface area contributed by atoms with E-state index in [-0.39, 0.29) is 17.8 Å². The summed E-state index contributed by atoms with van der Waals surface area (Å²) in [5.74, 6) is -0.342. The second-order valence-corrected chi connectivity index (χ2v) is 14.7. The third-order valence-electron chi connectivity index (χ3n) is 10.7. The number of benzene rings is 5. The number of amides is 1. The van der Waals surface area contributed by atoms with E-state index in [0.29, 0.717) is 30.6 Å². The molecule has 0 aliphatic heterocycles. The lowest BCUT2D eigenvalue weighted by Gasteiger charge is -2.41. The zero-order valence-electron chi connectivity index (χ0n) is 33.5. The first kappa shape index (κ1) is 40.7. The summed E-state index contributed by atoms with van der Waals surface area (Å²) in [4.78, 5) is 17.8. The Hall–Kier alpha value is -5.92. The van der Waals surface area contributed by atoms with Gasteiger partial charge in [-0.3, -0.25) is 9.79 Å². The highest BCUT2D eigenvalue weighted by molar-refractivity contribution is 5.99. The summed E-state index contributed by atoms with van der Waals surface area (Å²) in [5.41, 5.74) is 5.83. The fourth-order valence-corrected chi connectivity index (χ4v) is 8.18. The second-order valence-electron chi connectivity index (χ2n) is 14.7. The van der Waals surface area contributed by atoms with Crippen molar-refractivity contribution in [2.24, 2.45) is 4.99 Å². The van der Waals surface area contributed by atoms with Crippen LogP contribution in [0.2, 0.25) is 0 Å². The first-order valence-corrected chi connectivity index (χ1v) is 19.9. The lowest BCUT2D eigenvalue weighted by Crippen LogP contribution is -2.48. The van der Waals surface area contributed by atoms with Crippen molar-refractivity contribution in [2.45, 2.75) is 77.0 Å². The number of halogens is 1. The summed E-state index contributed by atoms with van der Waals surface area (Å²) >= 11 is 0. The van der Waals surface area contributed by atoms with Crippen molar-refractivity contribution in [2.75, 3.05) is 6.61 Å². The monoisotopic (exact) mass is 760 g/mol. The summed E-state index contributed by atoms with van der Waals surface area (Å²) < 4.78 is 23.1. The molecule has 57 heavy (non-hydrogen) atoms. The largest absolute Gasteiger partial charge is 0.375 e. The molecular weight excluding hydrogens is 708 g/mol. The number of fused-ring (bicyclic) bond motifs is 1. The van der Waals surface area contributed by atoms with Gasteiger partial charge in [0, 0.05) is 41.9 Å². The summed E-state index contributed by atoms with van der Waals surface area (Å²) in [6, 6.07) is 44.2. The Bertz CT molecular complexity index is 2220. The molecule has 2 unspecified atom stereocenters. The van der Waals surface area contributed by atoms with E-state index >= 15 is 0 Å². The Balaban J connectivity index is 0.000000622. The number of hydrogen-bond donors (Lipinski definition) is 1. The zero-order valence-corrected chi connectivity index (χ0v) is 33.5. The van der Waals surface area contributed by atoms with Crippen molar-refractivity contribution in [1.29, 1.82) is 0 Å². The van der Waals surface area contributed by atoms with E-state index in [0.717, 1.165) is 58.2 Å². The summed E-state index contributed by atoms with van der Waals surface area (Å²) in [7, 11) is 0. The van der Waals surface area contributed by atoms with Crippen LogP contribution >= 0.6 is 0 Å². The number of carbonyl (C=O) groups is 1. The zero-order chi connectivity index (χ0) is 40.3. The van der Waals surface area contributed by atoms with Gasteiger partial charge in [-0.2, -0.15) is 5.10 Å². The van der Waals surface area contributed by atoms with E-state index in [2.05, 4.69) is 94.4 Å². The SMILES string of the molecule is C=C(C)N=C/C=C\C.CCOC1(Cc2ccccc2F)CCCC(NC(=O)c2ccc3c(c2)c(C)nn3C(c2ccccc2)(c2ccccc2)c2ccccc2)C1. The summed E-state index contributed by atoms with van der Waals surface area (Å²) in [6.07, 6.45) is 9.21. The number of aromatic nitrogens is 2. The second kappa shape index (κ2) is 18.8. The van der Waals surface area contributed by atoms with Gasteiger partial charge in [-0.25, -0.2) is 9.07 Å². The fraction of sp³-hybridized carbons (Fsp3) is 0.260. The molecule has 1 amide bonds. The van der Waals surface area contributed by atoms with Gasteiger partial charge in [-0.05, 0) is 106 Å². The Labute approximate surface area is 336 Å². The molecule has 1 aliphatic rings. The van der Waals surface area contributed by atoms with Gasteiger partial charge in [0.1, 0.15) is 11.4 Å². The third-order valence-corrected chi connectivity index (χ3v) is 10.7. The van der Waals surface area contributed by atoms with Gasteiger partial charge in [0.25, 0.3) is 5.91 Å². The van der Waals surface area contributed by atoms with Crippen LogP contribution in [-0.4, -0.2) is 40.2 Å². The molecule has 7 rings (SSSR count). The van der Waals surface area contributed by atoms with Gasteiger partial charge in [0.05, 0.1) is 16.8 Å². The molecule has 6 nitrogen and oxygen atoms in total. The van der Waals surface area contributed by atoms with Crippen LogP contribution < -0.4 is 5.32 Å². The number of nitrogens with zero attached hydrogens (tertiary/aromatic N) is 3. The van der Waals surface area contributed by atoms with Crippen molar-refractivity contribution in [3.8, 4) is 0 Å². The van der Waals surface area contributed by atoms with Gasteiger partial charge >= 0.3 is 0 Å². The Kier molecular flexibility index (Phi) is 13.4. The van der Waals surface area contributed by atoms with Crippen LogP contribution in [0.4, 0.5) is 4.39 Å². The summed E-state index contributed by atoms with van der Waals surface area (Å²) in [6.45, 7) is 11.9. The van der Waals surface area contributed by atoms with Crippen LogP contribution in [0.15, 0.2) is 163 Å². The highest BCUT2D eigenvalue weighted by Crippen LogP contribution is 2.43. The highest BCUT2D eigenvalue weighted by atomic mass is 19.1. The normalized spacial score (nSPS) is 17.0. The maximum absolute atomic E-state index is 14.7. The molecule has 0 radical (unpaired) electrons. The number of ether oxygens (including phenoxy) is 1. The molecule has 1 aliphatic carbocycles. The number of allylic oxidation sites excluding steroid dienone is 3. The average Bonchev–Trinajstić information content (AvgIpc) is 3.56. The molecule has 292 valence electrons. The standard InChI is InChI=1S/C43H42FN3O2.C7H11N/c1-3-49-42(29-33-16-13-14-24-39(33)44)27-15-23-37(30-42)45-41(48)32-25-26-40-38(28-32)31(2)46-47(40)43(34-17-7-4-8-18-34,35-19-9-5-10-20-35)36-21-11-6-12-22-36;1-4-5-6-8-7(2)3/h4-14,16-22,24-26,28,37H,3,15,23,27,29-30H2,1-2H3,(H,45,48);4-6H,2H2,1,3H3/b;5-4-,8-6?. The van der Waals surface area contributed by atoms with Crippen LogP contribution in [0.25, 0.3) is 10.9 Å². The van der Waals surface area contributed by atoms with Gasteiger partial charge in [0.15, 0.2) is 0 Å². The van der Waals surface area contributed by atoms with Crippen molar-refractivity contribution < 1.29 is 13.9 Å². The number of nitrogens with one attached hydrogen (secondary N) is 1. The van der Waals surface area contributed by atoms with Crippen molar-refractivity contribution >= 4 is 23.0 Å². The number of rotatable bonds is 12. The molecule has 5 aromatic carbocycles. The maximum Gasteiger partial charge on any atom is 0.251 e. The van der Waals surface area contributed by atoms with E-state index in [1.807, 2.05) is 88.4 Å². The van der Waals surface area contributed by atoms with Gasteiger partial charge in [0.2, 0.25) is 0 Å². The van der Waals surface area contributed by atoms with E-state index in [1.54, 1.807) is 12.3 Å². The number of aryl methyl sites for hydroxylation is 1. The van der Waals surface area contributed by atoms with Crippen molar-refractivity contribution in [3.05, 3.63) is 197 Å². The van der Waals surface area contributed by atoms with Crippen molar-refractivity contribution in [1.82, 2.24) is 15.1 Å². The van der Waals surface area contributed by atoms with Crippen molar-refractivity contribution in [3.63, 3.8) is 0 Å². The molecule has 1 fully saturated rings. The van der Waals surface area contributed by atoms with Gasteiger partial charge < -0.3 is 10.1 Å². The molecule has 0 saturated heterocycles. The average molecular weight is 761 g/mol. The lowest BCUT2D eigenvalue weighted by atomic mass is 9.77. The Morgan fingerprint density at radius 2 is 1.54 bits per heavy atom. The van der Waals surface area contributed by atoms with Gasteiger partial charge in [-0.15, -0.1) is 0 Å². The number of hydrogen-bond acceptors (Lipinski definition) is 4. The Morgan fingerprint density at radius 3 is 2.11 bits per heavy atom. The molecule has 7 heteroatoms. The van der Waals surface area contributed by atoms with Crippen LogP contribution in [0, 0.1) is 12.7 Å². The van der Waals surface area contributed by atoms with E-state index in [4.69, 9.17) is 9.84 Å². The van der Waals surface area contributed by atoms with E-state index < -0.39 is 11.1 Å². The van der Waals surface area contributed by atoms with Crippen LogP contribution in [0.1, 0.15) is 84.8 Å². The predicted molar refractivity (Wildman–Crippen MR) is 231 cm³/mol. The minimum absolute atomic E-state index is 0.0824. The first-order valence-electron chi connectivity index (χ1n) is 19.9. The number of aliphatic imine (C=N–C) groups is 1. The fourth-order valence-electron chi connectivity index (χ4n) is 8.18. The van der Waals surface area contributed by atoms with Gasteiger partial charge in [-0.1, -0.05) is 122 Å². The molecule has 6 aromatic rings. The minimum atomic E-state index is -0.761. The summed E-state index contributed by atoms with van der Waals surface area (Å²) in [5, 5.41) is 9.46. The molecule has 0 spiro atoms. The molecule has 1 aromatic heterocycles. The van der Waals surface area contributed by atoms with Crippen LogP contribution in [0.3, 0.4) is 0 Å². The molecule has 1 heterocycles. The smallest absolute Gasteiger partial charge is 0.251 e. The highest BCUT2D eigenvalue weighted by Gasteiger charge is 2.41. The van der Waals surface area contributed by atoms with Crippen LogP contribution in [0.5, 0.6) is 0 Å². The maximum atomic E-state index is 14.7. The van der Waals surface area contributed by atoms with E-state index in [9.17, 15) is 9.18 Å².